The van der Waals surface area contributed by atoms with Gasteiger partial charge in [-0.15, -0.1) is 0 Å². The summed E-state index contributed by atoms with van der Waals surface area (Å²) >= 11 is 0. The second kappa shape index (κ2) is 9.03. The molecular formula is C22H24F4N2O4S. The molecule has 6 nitrogen and oxygen atoms in total. The third-order valence-electron chi connectivity index (χ3n) is 5.46. The minimum absolute atomic E-state index is 0.0656. The summed E-state index contributed by atoms with van der Waals surface area (Å²) < 4.78 is 83.8. The van der Waals surface area contributed by atoms with E-state index >= 15 is 4.39 Å². The molecule has 0 saturated carbocycles. The Hall–Kier alpha value is -2.50. The lowest BCUT2D eigenvalue weighted by Crippen LogP contribution is -2.53. The van der Waals surface area contributed by atoms with Crippen LogP contribution in [-0.2, 0) is 21.2 Å². The lowest BCUT2D eigenvalue weighted by molar-refractivity contribution is -0.149. The number of hydrogen-bond acceptors (Lipinski definition) is 4. The van der Waals surface area contributed by atoms with Gasteiger partial charge in [0.2, 0.25) is 10.0 Å². The first kappa shape index (κ1) is 25.1. The van der Waals surface area contributed by atoms with E-state index in [0.29, 0.717) is 0 Å². The highest BCUT2D eigenvalue weighted by Crippen LogP contribution is 2.32. The fraction of sp³-hybridized carbons (Fsp3) is 0.409. The second-order valence-corrected chi connectivity index (χ2v) is 10.4. The SMILES string of the molecule is CC(C)(O)C(=O)N1C[C@H](F)[C@H](NS(C)(=O)=O)[C@@H]1Cc1cccc(-c2cccc(F)c2F)c1F. The average molecular weight is 489 g/mol. The van der Waals surface area contributed by atoms with Gasteiger partial charge < -0.3 is 10.0 Å². The summed E-state index contributed by atoms with van der Waals surface area (Å²) in [6, 6.07) is 4.69. The summed E-state index contributed by atoms with van der Waals surface area (Å²) in [6.45, 7) is 1.89. The van der Waals surface area contributed by atoms with Gasteiger partial charge in [-0.1, -0.05) is 30.3 Å². The van der Waals surface area contributed by atoms with Crippen molar-refractivity contribution in [3.05, 3.63) is 59.4 Å². The predicted molar refractivity (Wildman–Crippen MR) is 114 cm³/mol. The molecule has 0 aromatic heterocycles. The number of sulfonamides is 1. The second-order valence-electron chi connectivity index (χ2n) is 8.60. The maximum absolute atomic E-state index is 15.4. The van der Waals surface area contributed by atoms with Crippen LogP contribution in [0.15, 0.2) is 36.4 Å². The van der Waals surface area contributed by atoms with Gasteiger partial charge in [-0.25, -0.2) is 30.7 Å². The predicted octanol–water partition coefficient (Wildman–Crippen LogP) is 2.55. The van der Waals surface area contributed by atoms with E-state index in [-0.39, 0.29) is 23.1 Å². The summed E-state index contributed by atoms with van der Waals surface area (Å²) in [5.41, 5.74) is -2.51. The molecule has 0 spiro atoms. The standard InChI is InChI=1S/C22H24F4N2O4S/c1-22(2,30)21(29)28-11-16(24)20(27-33(3,31)32)17(28)10-12-6-4-7-13(18(12)25)14-8-5-9-15(23)19(14)26/h4-9,16-17,20,27,30H,10-11H2,1-3H3/t16-,17-,20-/m0/s1. The number of carbonyl (C=O) groups is 1. The summed E-state index contributed by atoms with van der Waals surface area (Å²) in [6.07, 6.45) is -1.33. The van der Waals surface area contributed by atoms with Crippen molar-refractivity contribution in [2.75, 3.05) is 12.8 Å². The molecule has 0 radical (unpaired) electrons. The van der Waals surface area contributed by atoms with Crippen LogP contribution in [0.3, 0.4) is 0 Å². The van der Waals surface area contributed by atoms with Crippen LogP contribution in [0.1, 0.15) is 19.4 Å². The van der Waals surface area contributed by atoms with Crippen molar-refractivity contribution >= 4 is 15.9 Å². The molecule has 0 unspecified atom stereocenters. The van der Waals surface area contributed by atoms with Gasteiger partial charge in [-0.05, 0) is 31.9 Å². The highest BCUT2D eigenvalue weighted by atomic mass is 32.2. The minimum atomic E-state index is -3.90. The number of amides is 1. The summed E-state index contributed by atoms with van der Waals surface area (Å²) in [5, 5.41) is 10.1. The summed E-state index contributed by atoms with van der Waals surface area (Å²) in [7, 11) is -3.90. The molecule has 1 amide bonds. The zero-order valence-electron chi connectivity index (χ0n) is 18.1. The van der Waals surface area contributed by atoms with Gasteiger partial charge in [-0.2, -0.15) is 0 Å². The Bertz CT molecular complexity index is 1170. The van der Waals surface area contributed by atoms with Crippen molar-refractivity contribution in [3.63, 3.8) is 0 Å². The van der Waals surface area contributed by atoms with E-state index in [4.69, 9.17) is 0 Å². The average Bonchev–Trinajstić information content (AvgIpc) is 2.98. The monoisotopic (exact) mass is 488 g/mol. The van der Waals surface area contributed by atoms with Crippen molar-refractivity contribution in [1.82, 2.24) is 9.62 Å². The molecule has 1 aliphatic rings. The van der Waals surface area contributed by atoms with E-state index in [1.165, 1.54) is 44.2 Å². The van der Waals surface area contributed by atoms with Crippen molar-refractivity contribution < 1.29 is 35.9 Å². The van der Waals surface area contributed by atoms with Crippen LogP contribution in [0, 0.1) is 17.5 Å². The summed E-state index contributed by atoms with van der Waals surface area (Å²) in [5.74, 6) is -4.18. The van der Waals surface area contributed by atoms with Crippen LogP contribution in [-0.4, -0.2) is 61.0 Å². The van der Waals surface area contributed by atoms with Crippen molar-refractivity contribution in [3.8, 4) is 11.1 Å². The Labute approximate surface area is 189 Å². The molecule has 1 fully saturated rings. The normalized spacial score (nSPS) is 21.5. The molecule has 0 aliphatic carbocycles. The van der Waals surface area contributed by atoms with Crippen molar-refractivity contribution in [1.29, 1.82) is 0 Å². The fourth-order valence-corrected chi connectivity index (χ4v) is 4.78. The molecular weight excluding hydrogens is 464 g/mol. The Morgan fingerprint density at radius 2 is 1.70 bits per heavy atom. The number of nitrogens with zero attached hydrogens (tertiary/aromatic N) is 1. The molecule has 180 valence electrons. The topological polar surface area (TPSA) is 86.7 Å². The van der Waals surface area contributed by atoms with Crippen LogP contribution >= 0.6 is 0 Å². The molecule has 3 rings (SSSR count). The summed E-state index contributed by atoms with van der Waals surface area (Å²) in [4.78, 5) is 13.7. The number of rotatable bonds is 6. The molecule has 33 heavy (non-hydrogen) atoms. The Morgan fingerprint density at radius 3 is 2.27 bits per heavy atom. The number of carbonyl (C=O) groups excluding carboxylic acids is 1. The number of hydrogen-bond donors (Lipinski definition) is 2. The van der Waals surface area contributed by atoms with Gasteiger partial charge in [0.25, 0.3) is 5.91 Å². The third kappa shape index (κ3) is 5.36. The maximum atomic E-state index is 15.4. The Balaban J connectivity index is 2.05. The zero-order valence-corrected chi connectivity index (χ0v) is 19.0. The van der Waals surface area contributed by atoms with Crippen LogP contribution in [0.5, 0.6) is 0 Å². The number of nitrogens with one attached hydrogen (secondary N) is 1. The van der Waals surface area contributed by atoms with Crippen LogP contribution in [0.25, 0.3) is 11.1 Å². The first-order valence-electron chi connectivity index (χ1n) is 10.1. The van der Waals surface area contributed by atoms with E-state index in [1.54, 1.807) is 0 Å². The van der Waals surface area contributed by atoms with Gasteiger partial charge in [-0.3, -0.25) is 4.79 Å². The molecule has 1 saturated heterocycles. The number of halogens is 4. The van der Waals surface area contributed by atoms with Gasteiger partial charge in [0.15, 0.2) is 11.6 Å². The smallest absolute Gasteiger partial charge is 0.254 e. The minimum Gasteiger partial charge on any atom is -0.381 e. The largest absolute Gasteiger partial charge is 0.381 e. The Morgan fingerprint density at radius 1 is 1.12 bits per heavy atom. The number of aliphatic hydroxyl groups is 1. The Kier molecular flexibility index (Phi) is 6.88. The molecule has 2 N–H and O–H groups in total. The number of likely N-dealkylation sites (tertiary alicyclic amines) is 1. The van der Waals surface area contributed by atoms with E-state index in [0.717, 1.165) is 17.2 Å². The lowest BCUT2D eigenvalue weighted by atomic mass is 9.95. The van der Waals surface area contributed by atoms with Crippen LogP contribution in [0.4, 0.5) is 17.6 Å². The van der Waals surface area contributed by atoms with Gasteiger partial charge in [0.05, 0.1) is 24.9 Å². The van der Waals surface area contributed by atoms with E-state index in [9.17, 15) is 31.5 Å². The van der Waals surface area contributed by atoms with Crippen molar-refractivity contribution in [2.45, 2.75) is 44.1 Å². The van der Waals surface area contributed by atoms with Gasteiger partial charge in [0.1, 0.15) is 17.6 Å². The van der Waals surface area contributed by atoms with Crippen LogP contribution in [0.2, 0.25) is 0 Å². The van der Waals surface area contributed by atoms with E-state index < -0.39 is 63.8 Å². The molecule has 3 atom stereocenters. The number of benzene rings is 2. The maximum Gasteiger partial charge on any atom is 0.254 e. The van der Waals surface area contributed by atoms with Crippen LogP contribution < -0.4 is 4.72 Å². The highest BCUT2D eigenvalue weighted by molar-refractivity contribution is 7.88. The lowest BCUT2D eigenvalue weighted by Gasteiger charge is -2.32. The quantitative estimate of drug-likeness (QED) is 0.612. The molecule has 2 aromatic carbocycles. The van der Waals surface area contributed by atoms with Gasteiger partial charge >= 0.3 is 0 Å². The molecule has 1 heterocycles. The van der Waals surface area contributed by atoms with E-state index in [1.807, 2.05) is 0 Å². The number of alkyl halides is 1. The molecule has 2 aromatic rings. The first-order valence-corrected chi connectivity index (χ1v) is 12.0. The third-order valence-corrected chi connectivity index (χ3v) is 6.16. The van der Waals surface area contributed by atoms with Crippen molar-refractivity contribution in [2.24, 2.45) is 0 Å². The highest BCUT2D eigenvalue weighted by Gasteiger charge is 2.48. The fourth-order valence-electron chi connectivity index (χ4n) is 3.98. The first-order chi connectivity index (χ1) is 15.2. The zero-order chi connectivity index (χ0) is 24.7. The molecule has 1 aliphatic heterocycles. The molecule has 11 heteroatoms. The molecule has 0 bridgehead atoms. The van der Waals surface area contributed by atoms with E-state index in [2.05, 4.69) is 4.72 Å². The van der Waals surface area contributed by atoms with Gasteiger partial charge in [0, 0.05) is 11.1 Å².